The van der Waals surface area contributed by atoms with Gasteiger partial charge in [0.05, 0.1) is 24.6 Å². The Bertz CT molecular complexity index is 378. The Balaban J connectivity index is 0.00000484. The lowest BCUT2D eigenvalue weighted by molar-refractivity contribution is -0.00000482. The fourth-order valence-corrected chi connectivity index (χ4v) is 7.80. The van der Waals surface area contributed by atoms with Crippen LogP contribution in [0.15, 0.2) is 36.4 Å². The molecular formula is C21H36ClP. The minimum absolute atomic E-state index is 0. The number of unbranched alkanes of at least 4 members (excludes halogenated alkanes) is 3. The van der Waals surface area contributed by atoms with Crippen LogP contribution >= 0.6 is 7.26 Å². The van der Waals surface area contributed by atoms with Crippen LogP contribution in [0.4, 0.5) is 0 Å². The number of halogens is 1. The largest absolute Gasteiger partial charge is 1.00 e. The van der Waals surface area contributed by atoms with Crippen LogP contribution in [-0.2, 0) is 0 Å². The van der Waals surface area contributed by atoms with Gasteiger partial charge in [0.25, 0.3) is 0 Å². The second-order valence-electron chi connectivity index (χ2n) is 6.57. The molecule has 0 atom stereocenters. The summed E-state index contributed by atoms with van der Waals surface area (Å²) in [5.74, 6) is 0. The highest BCUT2D eigenvalue weighted by Crippen LogP contribution is 2.60. The van der Waals surface area contributed by atoms with E-state index < -0.39 is 7.26 Å². The summed E-state index contributed by atoms with van der Waals surface area (Å²) in [6.07, 6.45) is 19.1. The van der Waals surface area contributed by atoms with E-state index in [1.165, 1.54) is 68.7 Å². The Morgan fingerprint density at radius 1 is 0.783 bits per heavy atom. The summed E-state index contributed by atoms with van der Waals surface area (Å²) in [6, 6.07) is 10.8. The number of hydrogen-bond acceptors (Lipinski definition) is 0. The van der Waals surface area contributed by atoms with Crippen molar-refractivity contribution in [1.29, 1.82) is 0 Å². The van der Waals surface area contributed by atoms with Gasteiger partial charge in [-0.15, -0.1) is 0 Å². The van der Waals surface area contributed by atoms with Crippen molar-refractivity contribution < 1.29 is 12.4 Å². The lowest BCUT2D eigenvalue weighted by Gasteiger charge is -2.26. The van der Waals surface area contributed by atoms with E-state index in [1.54, 1.807) is 0 Å². The van der Waals surface area contributed by atoms with Crippen LogP contribution in [0.5, 0.6) is 0 Å². The first-order valence-corrected chi connectivity index (χ1v) is 11.9. The quantitative estimate of drug-likeness (QED) is 0.495. The molecule has 1 rings (SSSR count). The third-order valence-corrected chi connectivity index (χ3v) is 9.34. The summed E-state index contributed by atoms with van der Waals surface area (Å²) in [6.45, 7) is 7.02. The number of allylic oxidation sites excluding steroid dienone is 1. The fourth-order valence-electron chi connectivity index (χ4n) is 3.07. The number of benzene rings is 1. The molecule has 0 amide bonds. The SMILES string of the molecule is CCCC[P+](CC=Cc1ccccc1)(CCCC)CCCC.[Cl-]. The molecule has 0 heterocycles. The molecule has 23 heavy (non-hydrogen) atoms. The van der Waals surface area contributed by atoms with Crippen molar-refractivity contribution in [3.8, 4) is 0 Å². The average Bonchev–Trinajstić information content (AvgIpc) is 2.57. The summed E-state index contributed by atoms with van der Waals surface area (Å²) in [7, 11) is -0.769. The highest BCUT2D eigenvalue weighted by Gasteiger charge is 2.33. The zero-order chi connectivity index (χ0) is 16.1. The molecule has 0 aliphatic heterocycles. The second kappa shape index (κ2) is 14.1. The maximum atomic E-state index is 2.49. The standard InChI is InChI=1S/C21H36P.ClH/c1-4-7-17-22(18-8-5-2,19-9-6-3)20-13-16-21-14-11-10-12-15-21;/h10-16H,4-9,17-20H2,1-3H3;1H/q+1;/p-1. The van der Waals surface area contributed by atoms with Gasteiger partial charge in [0.2, 0.25) is 0 Å². The van der Waals surface area contributed by atoms with Crippen molar-refractivity contribution >= 4 is 13.3 Å². The van der Waals surface area contributed by atoms with Crippen LogP contribution in [0.25, 0.3) is 6.08 Å². The van der Waals surface area contributed by atoms with Gasteiger partial charge in [0.15, 0.2) is 0 Å². The molecule has 0 radical (unpaired) electrons. The van der Waals surface area contributed by atoms with Crippen molar-refractivity contribution in [2.75, 3.05) is 24.6 Å². The molecule has 0 saturated carbocycles. The van der Waals surface area contributed by atoms with Gasteiger partial charge in [-0.1, -0.05) is 76.4 Å². The van der Waals surface area contributed by atoms with Gasteiger partial charge >= 0.3 is 0 Å². The van der Waals surface area contributed by atoms with Crippen LogP contribution in [0, 0.1) is 0 Å². The van der Waals surface area contributed by atoms with Crippen molar-refractivity contribution in [1.82, 2.24) is 0 Å². The van der Waals surface area contributed by atoms with Gasteiger partial charge in [-0.2, -0.15) is 0 Å². The maximum Gasteiger partial charge on any atom is 0.0776 e. The lowest BCUT2D eigenvalue weighted by atomic mass is 10.2. The van der Waals surface area contributed by atoms with Gasteiger partial charge in [-0.25, -0.2) is 0 Å². The highest BCUT2D eigenvalue weighted by atomic mass is 35.5. The Morgan fingerprint density at radius 2 is 1.26 bits per heavy atom. The molecule has 0 saturated heterocycles. The molecule has 0 fully saturated rings. The Morgan fingerprint density at radius 3 is 1.70 bits per heavy atom. The van der Waals surface area contributed by atoms with Gasteiger partial charge in [0.1, 0.15) is 0 Å². The van der Waals surface area contributed by atoms with Crippen LogP contribution in [0.1, 0.15) is 64.9 Å². The molecule has 2 heteroatoms. The average molecular weight is 355 g/mol. The van der Waals surface area contributed by atoms with Crippen molar-refractivity contribution in [2.45, 2.75) is 59.3 Å². The normalized spacial score (nSPS) is 11.6. The van der Waals surface area contributed by atoms with E-state index in [4.69, 9.17) is 0 Å². The van der Waals surface area contributed by atoms with E-state index in [1.807, 2.05) is 0 Å². The van der Waals surface area contributed by atoms with Crippen molar-refractivity contribution in [3.63, 3.8) is 0 Å². The smallest absolute Gasteiger partial charge is 0.0776 e. The Hall–Kier alpha value is -0.320. The number of rotatable bonds is 12. The second-order valence-corrected chi connectivity index (χ2v) is 11.0. The van der Waals surface area contributed by atoms with E-state index in [2.05, 4.69) is 63.3 Å². The van der Waals surface area contributed by atoms with Crippen LogP contribution < -0.4 is 12.4 Å². The fraction of sp³-hybridized carbons (Fsp3) is 0.619. The van der Waals surface area contributed by atoms with Gasteiger partial charge < -0.3 is 12.4 Å². The molecular weight excluding hydrogens is 319 g/mol. The number of hydrogen-bond donors (Lipinski definition) is 0. The van der Waals surface area contributed by atoms with E-state index in [-0.39, 0.29) is 12.4 Å². The zero-order valence-corrected chi connectivity index (χ0v) is 17.1. The van der Waals surface area contributed by atoms with Crippen molar-refractivity contribution in [2.24, 2.45) is 0 Å². The molecule has 0 bridgehead atoms. The molecule has 132 valence electrons. The summed E-state index contributed by atoms with van der Waals surface area (Å²) < 4.78 is 0. The van der Waals surface area contributed by atoms with Crippen LogP contribution in [0.2, 0.25) is 0 Å². The first-order chi connectivity index (χ1) is 10.8. The minimum atomic E-state index is -0.769. The summed E-state index contributed by atoms with van der Waals surface area (Å²) in [4.78, 5) is 0. The third kappa shape index (κ3) is 9.53. The first kappa shape index (κ1) is 22.7. The third-order valence-electron chi connectivity index (χ3n) is 4.56. The van der Waals surface area contributed by atoms with E-state index in [9.17, 15) is 0 Å². The molecule has 0 unspecified atom stereocenters. The molecule has 0 spiro atoms. The van der Waals surface area contributed by atoms with Crippen LogP contribution in [0.3, 0.4) is 0 Å². The summed E-state index contributed by atoms with van der Waals surface area (Å²) in [5, 5.41) is 0. The molecule has 0 aliphatic carbocycles. The first-order valence-electron chi connectivity index (χ1n) is 9.33. The lowest BCUT2D eigenvalue weighted by Crippen LogP contribution is -3.00. The maximum absolute atomic E-state index is 2.49. The highest BCUT2D eigenvalue weighted by molar-refractivity contribution is 7.76. The van der Waals surface area contributed by atoms with Crippen molar-refractivity contribution in [3.05, 3.63) is 42.0 Å². The molecule has 1 aromatic rings. The molecule has 0 aromatic heterocycles. The van der Waals surface area contributed by atoms with Crippen LogP contribution in [-0.4, -0.2) is 24.6 Å². The van der Waals surface area contributed by atoms with Gasteiger partial charge in [-0.3, -0.25) is 0 Å². The molecule has 1 aromatic carbocycles. The minimum Gasteiger partial charge on any atom is -1.00 e. The topological polar surface area (TPSA) is 0 Å². The zero-order valence-electron chi connectivity index (χ0n) is 15.4. The van der Waals surface area contributed by atoms with E-state index >= 15 is 0 Å². The summed E-state index contributed by atoms with van der Waals surface area (Å²) >= 11 is 0. The van der Waals surface area contributed by atoms with Gasteiger partial charge in [0, 0.05) is 7.26 Å². The van der Waals surface area contributed by atoms with E-state index in [0.29, 0.717) is 0 Å². The molecule has 0 nitrogen and oxygen atoms in total. The monoisotopic (exact) mass is 354 g/mol. The Labute approximate surface area is 151 Å². The van der Waals surface area contributed by atoms with Gasteiger partial charge in [-0.05, 0) is 30.9 Å². The Kier molecular flexibility index (Phi) is 13.9. The molecule has 0 N–H and O–H groups in total. The molecule has 0 aliphatic rings. The van der Waals surface area contributed by atoms with E-state index in [0.717, 1.165) is 0 Å². The predicted octanol–water partition coefficient (Wildman–Crippen LogP) is 4.12. The predicted molar refractivity (Wildman–Crippen MR) is 107 cm³/mol. The summed E-state index contributed by atoms with van der Waals surface area (Å²) in [5.41, 5.74) is 1.35.